The Morgan fingerprint density at radius 3 is 2.53 bits per heavy atom. The van der Waals surface area contributed by atoms with Crippen molar-refractivity contribution in [1.29, 1.82) is 0 Å². The number of hydrogen-bond acceptors (Lipinski definition) is 2. The molecule has 0 spiro atoms. The topological polar surface area (TPSA) is 24.9 Å². The predicted octanol–water partition coefficient (Wildman–Crippen LogP) is 4.19. The van der Waals surface area contributed by atoms with Crippen molar-refractivity contribution in [3.63, 3.8) is 0 Å². The normalized spacial score (nSPS) is 14.1. The Balaban J connectivity index is 2.33. The smallest absolute Gasteiger partial charge is 0.0454 e. The fraction of sp³-hybridized carbons (Fsp3) is 0.312. The minimum absolute atomic E-state index is 0.175. The number of benzene rings is 1. The summed E-state index contributed by atoms with van der Waals surface area (Å²) < 4.78 is 0. The maximum atomic E-state index is 6.33. The molecule has 19 heavy (non-hydrogen) atoms. The minimum atomic E-state index is 0.175. The van der Waals surface area contributed by atoms with Gasteiger partial charge in [-0.1, -0.05) is 49.7 Å². The van der Waals surface area contributed by atoms with Crippen molar-refractivity contribution >= 4 is 11.6 Å². The number of pyridine rings is 1. The maximum Gasteiger partial charge on any atom is 0.0454 e. The van der Waals surface area contributed by atoms with Gasteiger partial charge in [0.2, 0.25) is 0 Å². The largest absolute Gasteiger partial charge is 0.310 e. The van der Waals surface area contributed by atoms with Crippen molar-refractivity contribution in [3.05, 3.63) is 64.9 Å². The summed E-state index contributed by atoms with van der Waals surface area (Å²) in [7, 11) is 0. The fourth-order valence-corrected chi connectivity index (χ4v) is 2.57. The Morgan fingerprint density at radius 1 is 1.16 bits per heavy atom. The molecule has 1 heterocycles. The first kappa shape index (κ1) is 14.0. The third kappa shape index (κ3) is 3.34. The van der Waals surface area contributed by atoms with Gasteiger partial charge in [-0.05, 0) is 30.3 Å². The number of nitrogens with zero attached hydrogens (tertiary/aromatic N) is 1. The first-order valence-corrected chi connectivity index (χ1v) is 7.00. The SMILES string of the molecule is CCNC(c1ccccc1Cl)C(C)c1ccccn1. The monoisotopic (exact) mass is 274 g/mol. The highest BCUT2D eigenvalue weighted by atomic mass is 35.5. The first-order valence-electron chi connectivity index (χ1n) is 6.62. The van der Waals surface area contributed by atoms with Crippen LogP contribution in [-0.4, -0.2) is 11.5 Å². The number of halogens is 1. The second-order valence-electron chi connectivity index (χ2n) is 4.60. The molecule has 0 amide bonds. The molecule has 1 aromatic carbocycles. The van der Waals surface area contributed by atoms with Crippen LogP contribution in [0.15, 0.2) is 48.7 Å². The van der Waals surface area contributed by atoms with Gasteiger partial charge in [-0.15, -0.1) is 0 Å². The summed E-state index contributed by atoms with van der Waals surface area (Å²) in [6, 6.07) is 14.2. The minimum Gasteiger partial charge on any atom is -0.310 e. The highest BCUT2D eigenvalue weighted by molar-refractivity contribution is 6.31. The standard InChI is InChI=1S/C16H19ClN2/c1-3-18-16(13-8-4-5-9-14(13)17)12(2)15-10-6-7-11-19-15/h4-12,16,18H,3H2,1-2H3. The van der Waals surface area contributed by atoms with Gasteiger partial charge in [-0.25, -0.2) is 0 Å². The molecule has 2 unspecified atom stereocenters. The molecule has 0 aliphatic carbocycles. The van der Waals surface area contributed by atoms with Crippen LogP contribution < -0.4 is 5.32 Å². The van der Waals surface area contributed by atoms with Crippen LogP contribution in [0.1, 0.15) is 37.1 Å². The highest BCUT2D eigenvalue weighted by Crippen LogP contribution is 2.33. The molecule has 2 rings (SSSR count). The third-order valence-electron chi connectivity index (χ3n) is 3.32. The summed E-state index contributed by atoms with van der Waals surface area (Å²) in [4.78, 5) is 4.45. The average molecular weight is 275 g/mol. The van der Waals surface area contributed by atoms with E-state index in [0.29, 0.717) is 0 Å². The molecule has 1 aromatic heterocycles. The van der Waals surface area contributed by atoms with Gasteiger partial charge in [-0.3, -0.25) is 4.98 Å². The molecule has 2 nitrogen and oxygen atoms in total. The zero-order chi connectivity index (χ0) is 13.7. The Kier molecular flexibility index (Phi) is 4.94. The van der Waals surface area contributed by atoms with E-state index in [-0.39, 0.29) is 12.0 Å². The second kappa shape index (κ2) is 6.69. The first-order chi connectivity index (χ1) is 9.24. The third-order valence-corrected chi connectivity index (χ3v) is 3.66. The molecule has 0 aliphatic heterocycles. The van der Waals surface area contributed by atoms with E-state index in [9.17, 15) is 0 Å². The van der Waals surface area contributed by atoms with Crippen LogP contribution >= 0.6 is 11.6 Å². The number of nitrogens with one attached hydrogen (secondary N) is 1. The zero-order valence-electron chi connectivity index (χ0n) is 11.3. The van der Waals surface area contributed by atoms with Gasteiger partial charge < -0.3 is 5.32 Å². The lowest BCUT2D eigenvalue weighted by Crippen LogP contribution is -2.26. The summed E-state index contributed by atoms with van der Waals surface area (Å²) in [6.07, 6.45) is 1.83. The lowest BCUT2D eigenvalue weighted by molar-refractivity contribution is 0.472. The van der Waals surface area contributed by atoms with Crippen LogP contribution in [0.5, 0.6) is 0 Å². The van der Waals surface area contributed by atoms with Crippen molar-refractivity contribution in [1.82, 2.24) is 10.3 Å². The predicted molar refractivity (Wildman–Crippen MR) is 80.5 cm³/mol. The molecule has 0 saturated carbocycles. The molecular weight excluding hydrogens is 256 g/mol. The summed E-state index contributed by atoms with van der Waals surface area (Å²) >= 11 is 6.33. The van der Waals surface area contributed by atoms with Gasteiger partial charge in [0.15, 0.2) is 0 Å². The lowest BCUT2D eigenvalue weighted by atomic mass is 9.91. The van der Waals surface area contributed by atoms with Crippen molar-refractivity contribution in [2.45, 2.75) is 25.8 Å². The second-order valence-corrected chi connectivity index (χ2v) is 5.01. The van der Waals surface area contributed by atoms with E-state index in [1.165, 1.54) is 0 Å². The van der Waals surface area contributed by atoms with Gasteiger partial charge in [0.25, 0.3) is 0 Å². The molecule has 3 heteroatoms. The van der Waals surface area contributed by atoms with Crippen LogP contribution in [0.4, 0.5) is 0 Å². The molecule has 0 fully saturated rings. The Bertz CT molecular complexity index is 513. The van der Waals surface area contributed by atoms with Gasteiger partial charge >= 0.3 is 0 Å². The molecule has 100 valence electrons. The van der Waals surface area contributed by atoms with Gasteiger partial charge in [0, 0.05) is 28.9 Å². The lowest BCUT2D eigenvalue weighted by Gasteiger charge is -2.25. The number of rotatable bonds is 5. The molecule has 0 bridgehead atoms. The fourth-order valence-electron chi connectivity index (χ4n) is 2.32. The van der Waals surface area contributed by atoms with Gasteiger partial charge in [-0.2, -0.15) is 0 Å². The van der Waals surface area contributed by atoms with Crippen molar-refractivity contribution in [2.24, 2.45) is 0 Å². The Hall–Kier alpha value is -1.38. The molecule has 0 aliphatic rings. The van der Waals surface area contributed by atoms with Gasteiger partial charge in [0.1, 0.15) is 0 Å². The van der Waals surface area contributed by atoms with E-state index in [0.717, 1.165) is 22.8 Å². The molecule has 2 aromatic rings. The van der Waals surface area contributed by atoms with E-state index in [2.05, 4.69) is 36.3 Å². The maximum absolute atomic E-state index is 6.33. The van der Waals surface area contributed by atoms with Crippen LogP contribution in [0, 0.1) is 0 Å². The van der Waals surface area contributed by atoms with Crippen molar-refractivity contribution < 1.29 is 0 Å². The summed E-state index contributed by atoms with van der Waals surface area (Å²) in [6.45, 7) is 5.18. The molecule has 2 atom stereocenters. The van der Waals surface area contributed by atoms with Crippen LogP contribution in [0.25, 0.3) is 0 Å². The molecule has 0 saturated heterocycles. The van der Waals surface area contributed by atoms with Crippen LogP contribution in [0.3, 0.4) is 0 Å². The zero-order valence-corrected chi connectivity index (χ0v) is 12.1. The molecule has 1 N–H and O–H groups in total. The van der Waals surface area contributed by atoms with Crippen molar-refractivity contribution in [3.8, 4) is 0 Å². The Morgan fingerprint density at radius 2 is 1.89 bits per heavy atom. The van der Waals surface area contributed by atoms with Crippen LogP contribution in [0.2, 0.25) is 5.02 Å². The molecule has 0 radical (unpaired) electrons. The van der Waals surface area contributed by atoms with E-state index in [1.807, 2.05) is 36.5 Å². The summed E-state index contributed by atoms with van der Waals surface area (Å²) in [5, 5.41) is 4.32. The summed E-state index contributed by atoms with van der Waals surface area (Å²) in [5.74, 6) is 0.265. The highest BCUT2D eigenvalue weighted by Gasteiger charge is 2.22. The number of aromatic nitrogens is 1. The molecular formula is C16H19ClN2. The average Bonchev–Trinajstić information content (AvgIpc) is 2.46. The number of likely N-dealkylation sites (N-methyl/N-ethyl adjacent to an activating group) is 1. The van der Waals surface area contributed by atoms with E-state index in [1.54, 1.807) is 0 Å². The van der Waals surface area contributed by atoms with E-state index in [4.69, 9.17) is 11.6 Å². The quantitative estimate of drug-likeness (QED) is 0.884. The van der Waals surface area contributed by atoms with Crippen LogP contribution in [-0.2, 0) is 0 Å². The number of hydrogen-bond donors (Lipinski definition) is 1. The van der Waals surface area contributed by atoms with E-state index >= 15 is 0 Å². The van der Waals surface area contributed by atoms with Gasteiger partial charge in [0.05, 0.1) is 0 Å². The van der Waals surface area contributed by atoms with E-state index < -0.39 is 0 Å². The Labute approximate surface area is 119 Å². The summed E-state index contributed by atoms with van der Waals surface area (Å²) in [5.41, 5.74) is 2.21. The van der Waals surface area contributed by atoms with Crippen molar-refractivity contribution in [2.75, 3.05) is 6.54 Å².